The molecule has 1 heterocycles. The van der Waals surface area contributed by atoms with Crippen LogP contribution < -0.4 is 16.0 Å². The molecule has 0 saturated carbocycles. The van der Waals surface area contributed by atoms with E-state index in [1.165, 1.54) is 0 Å². The van der Waals surface area contributed by atoms with Crippen molar-refractivity contribution in [2.75, 3.05) is 26.3 Å². The van der Waals surface area contributed by atoms with E-state index < -0.39 is 0 Å². The molecule has 114 valence electrons. The molecule has 1 fully saturated rings. The third kappa shape index (κ3) is 4.54. The molecular formula is C15H21N3O3. The van der Waals surface area contributed by atoms with Crippen LogP contribution in [-0.2, 0) is 16.1 Å². The summed E-state index contributed by atoms with van der Waals surface area (Å²) in [7, 11) is 0. The molecule has 2 amide bonds. The Morgan fingerprint density at radius 1 is 1.38 bits per heavy atom. The summed E-state index contributed by atoms with van der Waals surface area (Å²) in [4.78, 5) is 23.7. The predicted molar refractivity (Wildman–Crippen MR) is 78.9 cm³/mol. The van der Waals surface area contributed by atoms with Gasteiger partial charge in [-0.15, -0.1) is 0 Å². The lowest BCUT2D eigenvalue weighted by Gasteiger charge is -2.22. The Kier molecular flexibility index (Phi) is 5.71. The first-order valence-electron chi connectivity index (χ1n) is 7.16. The summed E-state index contributed by atoms with van der Waals surface area (Å²) in [6.07, 6.45) is 0. The molecule has 0 aromatic heterocycles. The molecule has 1 aromatic rings. The largest absolute Gasteiger partial charge is 0.378 e. The van der Waals surface area contributed by atoms with Crippen molar-refractivity contribution in [1.29, 1.82) is 0 Å². The molecule has 1 saturated heterocycles. The summed E-state index contributed by atoms with van der Waals surface area (Å²) < 4.78 is 5.26. The monoisotopic (exact) mass is 291 g/mol. The molecule has 0 bridgehead atoms. The second-order valence-electron chi connectivity index (χ2n) is 4.86. The number of benzene rings is 1. The minimum Gasteiger partial charge on any atom is -0.378 e. The zero-order chi connectivity index (χ0) is 15.1. The second kappa shape index (κ2) is 7.75. The first-order chi connectivity index (χ1) is 10.2. The first kappa shape index (κ1) is 15.5. The molecule has 1 aliphatic heterocycles. The van der Waals surface area contributed by atoms with Crippen molar-refractivity contribution in [2.45, 2.75) is 19.5 Å². The maximum atomic E-state index is 12.0. The van der Waals surface area contributed by atoms with Crippen LogP contribution in [0.5, 0.6) is 0 Å². The van der Waals surface area contributed by atoms with E-state index in [1.807, 2.05) is 19.1 Å². The van der Waals surface area contributed by atoms with Crippen molar-refractivity contribution < 1.29 is 14.3 Å². The summed E-state index contributed by atoms with van der Waals surface area (Å²) >= 11 is 0. The summed E-state index contributed by atoms with van der Waals surface area (Å²) in [5, 5.41) is 8.71. The lowest BCUT2D eigenvalue weighted by atomic mass is 10.1. The first-order valence-corrected chi connectivity index (χ1v) is 7.16. The maximum Gasteiger partial charge on any atom is 0.251 e. The van der Waals surface area contributed by atoms with Crippen LogP contribution in [0.3, 0.4) is 0 Å². The number of ether oxygens (including phenoxy) is 1. The molecule has 1 aromatic carbocycles. The van der Waals surface area contributed by atoms with Gasteiger partial charge in [-0.25, -0.2) is 0 Å². The Bertz CT molecular complexity index is 499. The van der Waals surface area contributed by atoms with Crippen molar-refractivity contribution in [3.05, 3.63) is 35.4 Å². The van der Waals surface area contributed by atoms with Gasteiger partial charge in [-0.1, -0.05) is 12.1 Å². The number of amides is 2. The Balaban J connectivity index is 1.89. The topological polar surface area (TPSA) is 79.5 Å². The fourth-order valence-electron chi connectivity index (χ4n) is 2.13. The van der Waals surface area contributed by atoms with Gasteiger partial charge in [0, 0.05) is 25.2 Å². The SMILES string of the molecule is CCNC(=O)c1cccc(CNC(=O)C2COCCN2)c1. The molecule has 1 atom stereocenters. The van der Waals surface area contributed by atoms with Gasteiger partial charge in [0.15, 0.2) is 0 Å². The molecule has 21 heavy (non-hydrogen) atoms. The lowest BCUT2D eigenvalue weighted by Crippen LogP contribution is -2.51. The minimum atomic E-state index is -0.301. The molecule has 1 aliphatic rings. The van der Waals surface area contributed by atoms with Crippen molar-refractivity contribution in [3.63, 3.8) is 0 Å². The Morgan fingerprint density at radius 2 is 2.24 bits per heavy atom. The van der Waals surface area contributed by atoms with Gasteiger partial charge in [0.25, 0.3) is 5.91 Å². The van der Waals surface area contributed by atoms with E-state index in [0.717, 1.165) is 5.56 Å². The van der Waals surface area contributed by atoms with Gasteiger partial charge in [-0.3, -0.25) is 9.59 Å². The second-order valence-corrected chi connectivity index (χ2v) is 4.86. The van der Waals surface area contributed by atoms with Crippen LogP contribution in [0.2, 0.25) is 0 Å². The van der Waals surface area contributed by atoms with E-state index in [1.54, 1.807) is 12.1 Å². The molecule has 2 rings (SSSR count). The minimum absolute atomic E-state index is 0.0851. The van der Waals surface area contributed by atoms with Crippen LogP contribution in [0.4, 0.5) is 0 Å². The van der Waals surface area contributed by atoms with Crippen molar-refractivity contribution in [3.8, 4) is 0 Å². The van der Waals surface area contributed by atoms with Crippen LogP contribution in [0.25, 0.3) is 0 Å². The number of nitrogens with one attached hydrogen (secondary N) is 3. The lowest BCUT2D eigenvalue weighted by molar-refractivity contribution is -0.126. The maximum absolute atomic E-state index is 12.0. The fourth-order valence-corrected chi connectivity index (χ4v) is 2.13. The summed E-state index contributed by atoms with van der Waals surface area (Å²) in [5.74, 6) is -0.189. The Labute approximate surface area is 124 Å². The van der Waals surface area contributed by atoms with E-state index in [2.05, 4.69) is 16.0 Å². The van der Waals surface area contributed by atoms with E-state index >= 15 is 0 Å². The van der Waals surface area contributed by atoms with Crippen LogP contribution in [0, 0.1) is 0 Å². The van der Waals surface area contributed by atoms with E-state index in [0.29, 0.717) is 38.4 Å². The highest BCUT2D eigenvalue weighted by atomic mass is 16.5. The van der Waals surface area contributed by atoms with Gasteiger partial charge in [-0.05, 0) is 24.6 Å². The predicted octanol–water partition coefficient (Wildman–Crippen LogP) is 0.0409. The van der Waals surface area contributed by atoms with Crippen LogP contribution in [-0.4, -0.2) is 44.2 Å². The number of carbonyl (C=O) groups excluding carboxylic acids is 2. The third-order valence-electron chi connectivity index (χ3n) is 3.23. The molecule has 6 nitrogen and oxygen atoms in total. The summed E-state index contributed by atoms with van der Waals surface area (Å²) in [6.45, 7) is 4.58. The van der Waals surface area contributed by atoms with Crippen molar-refractivity contribution in [1.82, 2.24) is 16.0 Å². The fraction of sp³-hybridized carbons (Fsp3) is 0.467. The molecule has 6 heteroatoms. The van der Waals surface area contributed by atoms with Crippen LogP contribution in [0.1, 0.15) is 22.8 Å². The Morgan fingerprint density at radius 3 is 2.95 bits per heavy atom. The number of hydrogen-bond acceptors (Lipinski definition) is 4. The smallest absolute Gasteiger partial charge is 0.251 e. The zero-order valence-corrected chi connectivity index (χ0v) is 12.1. The van der Waals surface area contributed by atoms with Crippen molar-refractivity contribution in [2.24, 2.45) is 0 Å². The molecular weight excluding hydrogens is 270 g/mol. The van der Waals surface area contributed by atoms with Crippen LogP contribution in [0.15, 0.2) is 24.3 Å². The van der Waals surface area contributed by atoms with Crippen molar-refractivity contribution >= 4 is 11.8 Å². The van der Waals surface area contributed by atoms with Gasteiger partial charge in [0.05, 0.1) is 13.2 Å². The zero-order valence-electron chi connectivity index (χ0n) is 12.1. The molecule has 0 aliphatic carbocycles. The molecule has 1 unspecified atom stereocenters. The standard InChI is InChI=1S/C15H21N3O3/c1-2-16-14(19)12-5-3-4-11(8-12)9-18-15(20)13-10-21-7-6-17-13/h3-5,8,13,17H,2,6-7,9-10H2,1H3,(H,16,19)(H,18,20). The highest BCUT2D eigenvalue weighted by Gasteiger charge is 2.20. The van der Waals surface area contributed by atoms with Crippen LogP contribution >= 0.6 is 0 Å². The Hall–Kier alpha value is -1.92. The highest BCUT2D eigenvalue weighted by Crippen LogP contribution is 2.05. The van der Waals surface area contributed by atoms with Gasteiger partial charge in [0.1, 0.15) is 6.04 Å². The quantitative estimate of drug-likeness (QED) is 0.716. The number of morpholine rings is 1. The van der Waals surface area contributed by atoms with E-state index in [9.17, 15) is 9.59 Å². The van der Waals surface area contributed by atoms with Gasteiger partial charge >= 0.3 is 0 Å². The summed E-state index contributed by atoms with van der Waals surface area (Å²) in [5.41, 5.74) is 1.49. The van der Waals surface area contributed by atoms with Gasteiger partial charge < -0.3 is 20.7 Å². The third-order valence-corrected chi connectivity index (χ3v) is 3.23. The van der Waals surface area contributed by atoms with Gasteiger partial charge in [-0.2, -0.15) is 0 Å². The molecule has 0 radical (unpaired) electrons. The number of carbonyl (C=O) groups is 2. The van der Waals surface area contributed by atoms with Gasteiger partial charge in [0.2, 0.25) is 5.91 Å². The van der Waals surface area contributed by atoms with E-state index in [4.69, 9.17) is 4.74 Å². The normalized spacial score (nSPS) is 18.0. The molecule has 3 N–H and O–H groups in total. The summed E-state index contributed by atoms with van der Waals surface area (Å²) in [6, 6.07) is 6.94. The average Bonchev–Trinajstić information content (AvgIpc) is 2.54. The molecule has 0 spiro atoms. The number of rotatable bonds is 5. The number of hydrogen-bond donors (Lipinski definition) is 3. The highest BCUT2D eigenvalue weighted by molar-refractivity contribution is 5.94. The average molecular weight is 291 g/mol. The van der Waals surface area contributed by atoms with E-state index in [-0.39, 0.29) is 17.9 Å².